The molecule has 30 heavy (non-hydrogen) atoms. The van der Waals surface area contributed by atoms with Gasteiger partial charge >= 0.3 is 0 Å². The molecule has 0 N–H and O–H groups in total. The van der Waals surface area contributed by atoms with E-state index in [0.29, 0.717) is 28.8 Å². The van der Waals surface area contributed by atoms with Crippen LogP contribution in [0.3, 0.4) is 0 Å². The van der Waals surface area contributed by atoms with Gasteiger partial charge in [-0.2, -0.15) is 0 Å². The Morgan fingerprint density at radius 3 is 2.70 bits per heavy atom. The average Bonchev–Trinajstić information content (AvgIpc) is 2.74. The maximum atomic E-state index is 13.2. The van der Waals surface area contributed by atoms with Crippen molar-refractivity contribution in [2.75, 3.05) is 14.1 Å². The Balaban J connectivity index is 1.92. The van der Waals surface area contributed by atoms with Gasteiger partial charge in [-0.3, -0.25) is 14.2 Å². The summed E-state index contributed by atoms with van der Waals surface area (Å²) in [6, 6.07) is 13.2. The minimum atomic E-state index is -0.0206. The fraction of sp³-hybridized carbons (Fsp3) is 0.348. The number of nitrogens with zero attached hydrogens (tertiary/aromatic N) is 3. The van der Waals surface area contributed by atoms with Gasteiger partial charge in [0.25, 0.3) is 11.5 Å². The van der Waals surface area contributed by atoms with Crippen molar-refractivity contribution in [1.29, 1.82) is 0 Å². The summed E-state index contributed by atoms with van der Waals surface area (Å²) >= 11 is 4.99. The highest BCUT2D eigenvalue weighted by Gasteiger charge is 2.13. The highest BCUT2D eigenvalue weighted by Crippen LogP contribution is 2.24. The van der Waals surface area contributed by atoms with Crippen LogP contribution in [-0.4, -0.2) is 34.5 Å². The van der Waals surface area contributed by atoms with Crippen molar-refractivity contribution in [2.45, 2.75) is 43.6 Å². The van der Waals surface area contributed by atoms with Crippen molar-refractivity contribution in [3.05, 3.63) is 68.4 Å². The van der Waals surface area contributed by atoms with Crippen LogP contribution in [0.25, 0.3) is 10.9 Å². The average molecular weight is 488 g/mol. The number of thioether (sulfide) groups is 1. The molecule has 0 saturated carbocycles. The fourth-order valence-electron chi connectivity index (χ4n) is 3.20. The first-order chi connectivity index (χ1) is 14.4. The number of benzene rings is 2. The first kappa shape index (κ1) is 22.6. The first-order valence-corrected chi connectivity index (χ1v) is 11.8. The van der Waals surface area contributed by atoms with Gasteiger partial charge in [0.05, 0.1) is 10.9 Å². The number of hydrogen-bond donors (Lipinski definition) is 0. The molecule has 3 rings (SSSR count). The Morgan fingerprint density at radius 2 is 1.97 bits per heavy atom. The molecule has 0 fully saturated rings. The number of hydrogen-bond acceptors (Lipinski definition) is 4. The summed E-state index contributed by atoms with van der Waals surface area (Å²) in [7, 11) is 3.49. The molecule has 0 saturated heterocycles. The van der Waals surface area contributed by atoms with Crippen LogP contribution in [0.2, 0.25) is 0 Å². The van der Waals surface area contributed by atoms with Gasteiger partial charge in [-0.1, -0.05) is 59.6 Å². The van der Waals surface area contributed by atoms with E-state index in [1.54, 1.807) is 23.6 Å². The van der Waals surface area contributed by atoms with Crippen LogP contribution in [-0.2, 0) is 12.3 Å². The lowest BCUT2D eigenvalue weighted by atomic mass is 10.1. The summed E-state index contributed by atoms with van der Waals surface area (Å²) in [4.78, 5) is 31.8. The van der Waals surface area contributed by atoms with Gasteiger partial charge in [0.15, 0.2) is 5.16 Å². The second kappa shape index (κ2) is 10.3. The van der Waals surface area contributed by atoms with E-state index in [2.05, 4.69) is 22.9 Å². The first-order valence-electron chi connectivity index (χ1n) is 10.0. The molecule has 0 radical (unpaired) electrons. The monoisotopic (exact) mass is 487 g/mol. The number of aromatic nitrogens is 2. The van der Waals surface area contributed by atoms with Gasteiger partial charge in [-0.05, 0) is 42.3 Å². The smallest absolute Gasteiger partial charge is 0.262 e. The minimum Gasteiger partial charge on any atom is -0.345 e. The second-order valence-electron chi connectivity index (χ2n) is 7.41. The van der Waals surface area contributed by atoms with Crippen LogP contribution in [0.1, 0.15) is 42.1 Å². The van der Waals surface area contributed by atoms with Crippen LogP contribution in [0, 0.1) is 0 Å². The number of fused-ring (bicyclic) bond motifs is 1. The van der Waals surface area contributed by atoms with Crippen LogP contribution < -0.4 is 5.56 Å². The molecular weight excluding hydrogens is 462 g/mol. The maximum Gasteiger partial charge on any atom is 0.262 e. The molecule has 0 bridgehead atoms. The molecule has 0 atom stereocenters. The molecule has 158 valence electrons. The fourth-order valence-corrected chi connectivity index (χ4v) is 4.53. The largest absolute Gasteiger partial charge is 0.345 e. The quantitative estimate of drug-likeness (QED) is 0.244. The standard InChI is InChI=1S/C23H26BrN3O2S/c1-4-5-6-12-27-22(29)19-14-18(24)10-11-20(19)25-23(27)30-15-16-8-7-9-17(13-16)21(28)26(2)3/h7-11,13-14H,4-6,12,15H2,1-3H3. The number of carbonyl (C=O) groups is 1. The van der Waals surface area contributed by atoms with E-state index >= 15 is 0 Å². The Hall–Kier alpha value is -2.12. The van der Waals surface area contributed by atoms with Crippen molar-refractivity contribution in [2.24, 2.45) is 0 Å². The molecule has 5 nitrogen and oxygen atoms in total. The number of rotatable bonds is 8. The Labute approximate surface area is 189 Å². The van der Waals surface area contributed by atoms with Gasteiger partial charge in [-0.25, -0.2) is 4.98 Å². The van der Waals surface area contributed by atoms with Crippen molar-refractivity contribution < 1.29 is 4.79 Å². The summed E-state index contributed by atoms with van der Waals surface area (Å²) < 4.78 is 2.67. The summed E-state index contributed by atoms with van der Waals surface area (Å²) in [6.45, 7) is 2.81. The molecule has 0 aliphatic heterocycles. The van der Waals surface area contributed by atoms with E-state index in [1.807, 2.05) is 42.5 Å². The molecule has 3 aromatic rings. The number of carbonyl (C=O) groups excluding carboxylic acids is 1. The third-order valence-electron chi connectivity index (χ3n) is 4.81. The molecule has 1 heterocycles. The molecule has 0 unspecified atom stereocenters. The third-order valence-corrected chi connectivity index (χ3v) is 6.36. The Kier molecular flexibility index (Phi) is 7.72. The minimum absolute atomic E-state index is 0.00330. The lowest BCUT2D eigenvalue weighted by Gasteiger charge is -2.14. The maximum absolute atomic E-state index is 13.2. The van der Waals surface area contributed by atoms with E-state index in [1.165, 1.54) is 11.8 Å². The number of unbranched alkanes of at least 4 members (excludes halogenated alkanes) is 2. The highest BCUT2D eigenvalue weighted by molar-refractivity contribution is 9.10. The summed E-state index contributed by atoms with van der Waals surface area (Å²) in [5, 5.41) is 1.35. The van der Waals surface area contributed by atoms with Crippen molar-refractivity contribution in [3.8, 4) is 0 Å². The third kappa shape index (κ3) is 5.32. The predicted molar refractivity (Wildman–Crippen MR) is 127 cm³/mol. The Morgan fingerprint density at radius 1 is 1.17 bits per heavy atom. The van der Waals surface area contributed by atoms with E-state index in [9.17, 15) is 9.59 Å². The van der Waals surface area contributed by atoms with Gasteiger partial charge in [0, 0.05) is 36.4 Å². The summed E-state index contributed by atoms with van der Waals surface area (Å²) in [5.74, 6) is 0.615. The van der Waals surface area contributed by atoms with Crippen molar-refractivity contribution >= 4 is 44.5 Å². The summed E-state index contributed by atoms with van der Waals surface area (Å²) in [5.41, 5.74) is 2.39. The lowest BCUT2D eigenvalue weighted by Crippen LogP contribution is -2.23. The van der Waals surface area contributed by atoms with Crippen molar-refractivity contribution in [3.63, 3.8) is 0 Å². The van der Waals surface area contributed by atoms with Gasteiger partial charge in [-0.15, -0.1) is 0 Å². The van der Waals surface area contributed by atoms with Gasteiger partial charge < -0.3 is 4.90 Å². The van der Waals surface area contributed by atoms with Crippen LogP contribution >= 0.6 is 27.7 Å². The van der Waals surface area contributed by atoms with E-state index in [4.69, 9.17) is 4.98 Å². The van der Waals surface area contributed by atoms with E-state index < -0.39 is 0 Å². The molecule has 0 aliphatic rings. The topological polar surface area (TPSA) is 55.2 Å². The predicted octanol–water partition coefficient (Wildman–Crippen LogP) is 5.34. The van der Waals surface area contributed by atoms with Crippen LogP contribution in [0.4, 0.5) is 0 Å². The molecule has 7 heteroatoms. The van der Waals surface area contributed by atoms with Gasteiger partial charge in [0.2, 0.25) is 0 Å². The zero-order valence-electron chi connectivity index (χ0n) is 17.5. The van der Waals surface area contributed by atoms with E-state index in [-0.39, 0.29) is 11.5 Å². The molecule has 2 aromatic carbocycles. The number of halogens is 1. The van der Waals surface area contributed by atoms with Gasteiger partial charge in [0.1, 0.15) is 0 Å². The molecule has 1 aromatic heterocycles. The molecular formula is C23H26BrN3O2S. The second-order valence-corrected chi connectivity index (χ2v) is 9.27. The zero-order chi connectivity index (χ0) is 21.7. The summed E-state index contributed by atoms with van der Waals surface area (Å²) in [6.07, 6.45) is 3.11. The lowest BCUT2D eigenvalue weighted by molar-refractivity contribution is 0.0827. The van der Waals surface area contributed by atoms with Crippen LogP contribution in [0.15, 0.2) is 56.9 Å². The number of amides is 1. The molecule has 1 amide bonds. The SMILES string of the molecule is CCCCCn1c(SCc2cccc(C(=O)N(C)C)c2)nc2ccc(Br)cc2c1=O. The van der Waals surface area contributed by atoms with E-state index in [0.717, 1.165) is 34.5 Å². The van der Waals surface area contributed by atoms with Crippen LogP contribution in [0.5, 0.6) is 0 Å². The Bertz CT molecular complexity index is 1110. The normalized spacial score (nSPS) is 11.1. The molecule has 0 spiro atoms. The zero-order valence-corrected chi connectivity index (χ0v) is 19.9. The van der Waals surface area contributed by atoms with Crippen molar-refractivity contribution in [1.82, 2.24) is 14.5 Å². The highest BCUT2D eigenvalue weighted by atomic mass is 79.9. The molecule has 0 aliphatic carbocycles.